The van der Waals surface area contributed by atoms with Gasteiger partial charge in [0.25, 0.3) is 0 Å². The molecule has 2 rings (SSSR count). The molecule has 116 valence electrons. The van der Waals surface area contributed by atoms with Crippen molar-refractivity contribution in [2.45, 2.75) is 38.6 Å². The van der Waals surface area contributed by atoms with Gasteiger partial charge in [0.15, 0.2) is 0 Å². The monoisotopic (exact) mass is 283 g/mol. The molecule has 0 aromatic carbocycles. The standard InChI is InChI=1S/C15H29N3O2/c1-13(4-6-16)2-3-15(19)18-7-5-14(12-18)17-8-10-20-11-9-17/h13-14H,2-12,16H2,1H3. The lowest BCUT2D eigenvalue weighted by Crippen LogP contribution is -2.45. The Hall–Kier alpha value is -0.650. The highest BCUT2D eigenvalue weighted by molar-refractivity contribution is 5.76. The fourth-order valence-corrected chi connectivity index (χ4v) is 3.17. The van der Waals surface area contributed by atoms with E-state index in [2.05, 4.69) is 16.7 Å². The zero-order valence-electron chi connectivity index (χ0n) is 12.7. The van der Waals surface area contributed by atoms with E-state index in [9.17, 15) is 4.79 Å². The van der Waals surface area contributed by atoms with Crippen LogP contribution in [0.4, 0.5) is 0 Å². The van der Waals surface area contributed by atoms with Gasteiger partial charge in [-0.05, 0) is 31.7 Å². The number of hydrogen-bond donors (Lipinski definition) is 1. The molecule has 2 heterocycles. The molecule has 2 atom stereocenters. The van der Waals surface area contributed by atoms with Crippen molar-refractivity contribution < 1.29 is 9.53 Å². The molecular weight excluding hydrogens is 254 g/mol. The molecule has 5 nitrogen and oxygen atoms in total. The lowest BCUT2D eigenvalue weighted by molar-refractivity contribution is -0.130. The molecule has 0 aromatic heterocycles. The average molecular weight is 283 g/mol. The maximum Gasteiger partial charge on any atom is 0.222 e. The summed E-state index contributed by atoms with van der Waals surface area (Å²) < 4.78 is 5.39. The molecule has 1 amide bonds. The molecule has 2 unspecified atom stereocenters. The van der Waals surface area contributed by atoms with Crippen molar-refractivity contribution in [2.24, 2.45) is 11.7 Å². The third kappa shape index (κ3) is 4.43. The molecule has 2 fully saturated rings. The van der Waals surface area contributed by atoms with Crippen LogP contribution in [0.1, 0.15) is 32.6 Å². The molecule has 0 bridgehead atoms. The predicted molar refractivity (Wildman–Crippen MR) is 79.4 cm³/mol. The summed E-state index contributed by atoms with van der Waals surface area (Å²) >= 11 is 0. The number of carbonyl (C=O) groups is 1. The van der Waals surface area contributed by atoms with Crippen molar-refractivity contribution in [3.8, 4) is 0 Å². The van der Waals surface area contributed by atoms with Crippen LogP contribution in [-0.4, -0.2) is 67.7 Å². The van der Waals surface area contributed by atoms with Crippen molar-refractivity contribution in [3.05, 3.63) is 0 Å². The van der Waals surface area contributed by atoms with Crippen molar-refractivity contribution in [2.75, 3.05) is 45.9 Å². The summed E-state index contributed by atoms with van der Waals surface area (Å²) in [5.74, 6) is 0.881. The van der Waals surface area contributed by atoms with E-state index in [0.29, 0.717) is 24.3 Å². The third-order valence-corrected chi connectivity index (χ3v) is 4.59. The molecule has 2 aliphatic rings. The largest absolute Gasteiger partial charge is 0.379 e. The summed E-state index contributed by atoms with van der Waals surface area (Å²) in [5.41, 5.74) is 5.55. The minimum absolute atomic E-state index is 0.324. The van der Waals surface area contributed by atoms with Crippen LogP contribution in [0, 0.1) is 5.92 Å². The second-order valence-corrected chi connectivity index (χ2v) is 6.15. The van der Waals surface area contributed by atoms with Crippen molar-refractivity contribution >= 4 is 5.91 Å². The SMILES string of the molecule is CC(CCN)CCC(=O)N1CCC(N2CCOCC2)C1. The van der Waals surface area contributed by atoms with Gasteiger partial charge in [-0.15, -0.1) is 0 Å². The Balaban J connectivity index is 1.70. The number of nitrogens with zero attached hydrogens (tertiary/aromatic N) is 2. The van der Waals surface area contributed by atoms with Gasteiger partial charge in [-0.1, -0.05) is 6.92 Å². The lowest BCUT2D eigenvalue weighted by atomic mass is 10.0. The first-order valence-corrected chi connectivity index (χ1v) is 8.00. The molecule has 0 radical (unpaired) electrons. The molecular formula is C15H29N3O2. The third-order valence-electron chi connectivity index (χ3n) is 4.59. The highest BCUT2D eigenvalue weighted by atomic mass is 16.5. The summed E-state index contributed by atoms with van der Waals surface area (Å²) in [6, 6.07) is 0.546. The second-order valence-electron chi connectivity index (χ2n) is 6.15. The molecule has 0 aliphatic carbocycles. The van der Waals surface area contributed by atoms with Gasteiger partial charge in [0, 0.05) is 38.6 Å². The Kier molecular flexibility index (Phi) is 6.26. The van der Waals surface area contributed by atoms with E-state index in [1.54, 1.807) is 0 Å². The first-order valence-electron chi connectivity index (χ1n) is 8.00. The van der Waals surface area contributed by atoms with Crippen LogP contribution >= 0.6 is 0 Å². The summed E-state index contributed by atoms with van der Waals surface area (Å²) in [6.07, 6.45) is 3.78. The van der Waals surface area contributed by atoms with Crippen LogP contribution in [0.3, 0.4) is 0 Å². The van der Waals surface area contributed by atoms with Gasteiger partial charge in [-0.3, -0.25) is 9.69 Å². The predicted octanol–water partition coefficient (Wildman–Crippen LogP) is 0.685. The van der Waals surface area contributed by atoms with Crippen LogP contribution in [0.5, 0.6) is 0 Å². The summed E-state index contributed by atoms with van der Waals surface area (Å²) in [5, 5.41) is 0. The van der Waals surface area contributed by atoms with E-state index in [1.807, 2.05) is 0 Å². The highest BCUT2D eigenvalue weighted by Gasteiger charge is 2.30. The van der Waals surface area contributed by atoms with Crippen LogP contribution in [0.2, 0.25) is 0 Å². The summed E-state index contributed by atoms with van der Waals surface area (Å²) in [7, 11) is 0. The Morgan fingerprint density at radius 1 is 1.30 bits per heavy atom. The topological polar surface area (TPSA) is 58.8 Å². The maximum absolute atomic E-state index is 12.2. The average Bonchev–Trinajstić information content (AvgIpc) is 2.96. The molecule has 5 heteroatoms. The first kappa shape index (κ1) is 15.7. The number of nitrogens with two attached hydrogens (primary N) is 1. The highest BCUT2D eigenvalue weighted by Crippen LogP contribution is 2.19. The van der Waals surface area contributed by atoms with Gasteiger partial charge in [-0.25, -0.2) is 0 Å². The molecule has 20 heavy (non-hydrogen) atoms. The number of likely N-dealkylation sites (tertiary alicyclic amines) is 1. The fourth-order valence-electron chi connectivity index (χ4n) is 3.17. The number of hydrogen-bond acceptors (Lipinski definition) is 4. The number of carbonyl (C=O) groups excluding carboxylic acids is 1. The molecule has 2 N–H and O–H groups in total. The number of morpholine rings is 1. The van der Waals surface area contributed by atoms with E-state index in [-0.39, 0.29) is 0 Å². The summed E-state index contributed by atoms with van der Waals surface area (Å²) in [4.78, 5) is 16.8. The molecule has 2 aliphatic heterocycles. The Bertz CT molecular complexity index is 305. The quantitative estimate of drug-likeness (QED) is 0.779. The zero-order chi connectivity index (χ0) is 14.4. The summed E-state index contributed by atoms with van der Waals surface area (Å²) in [6.45, 7) is 8.43. The van der Waals surface area contributed by atoms with E-state index in [1.165, 1.54) is 0 Å². The van der Waals surface area contributed by atoms with Gasteiger partial charge < -0.3 is 15.4 Å². The van der Waals surface area contributed by atoms with E-state index in [4.69, 9.17) is 10.5 Å². The van der Waals surface area contributed by atoms with Gasteiger partial charge >= 0.3 is 0 Å². The Morgan fingerprint density at radius 3 is 2.75 bits per heavy atom. The van der Waals surface area contributed by atoms with Gasteiger partial charge in [-0.2, -0.15) is 0 Å². The molecule has 0 saturated carbocycles. The van der Waals surface area contributed by atoms with Crippen molar-refractivity contribution in [1.29, 1.82) is 0 Å². The molecule has 0 spiro atoms. The van der Waals surface area contributed by atoms with Gasteiger partial charge in [0.2, 0.25) is 5.91 Å². The van der Waals surface area contributed by atoms with Crippen molar-refractivity contribution in [3.63, 3.8) is 0 Å². The molecule has 2 saturated heterocycles. The van der Waals surface area contributed by atoms with E-state index >= 15 is 0 Å². The van der Waals surface area contributed by atoms with E-state index in [0.717, 1.165) is 65.2 Å². The van der Waals surface area contributed by atoms with Crippen LogP contribution in [-0.2, 0) is 9.53 Å². The number of rotatable bonds is 6. The smallest absolute Gasteiger partial charge is 0.222 e. The zero-order valence-corrected chi connectivity index (χ0v) is 12.7. The normalized spacial score (nSPS) is 25.9. The van der Waals surface area contributed by atoms with Gasteiger partial charge in [0.1, 0.15) is 0 Å². The Morgan fingerprint density at radius 2 is 2.05 bits per heavy atom. The van der Waals surface area contributed by atoms with Crippen LogP contribution in [0.25, 0.3) is 0 Å². The van der Waals surface area contributed by atoms with Crippen molar-refractivity contribution in [1.82, 2.24) is 9.80 Å². The van der Waals surface area contributed by atoms with Crippen LogP contribution < -0.4 is 5.73 Å². The minimum Gasteiger partial charge on any atom is -0.379 e. The minimum atomic E-state index is 0.324. The second kappa shape index (κ2) is 7.96. The maximum atomic E-state index is 12.2. The molecule has 0 aromatic rings. The van der Waals surface area contributed by atoms with Crippen LogP contribution in [0.15, 0.2) is 0 Å². The number of ether oxygens (including phenoxy) is 1. The Labute approximate surface area is 122 Å². The first-order chi connectivity index (χ1) is 9.70. The van der Waals surface area contributed by atoms with Gasteiger partial charge in [0.05, 0.1) is 13.2 Å². The fraction of sp³-hybridized carbons (Fsp3) is 0.933. The lowest BCUT2D eigenvalue weighted by Gasteiger charge is -2.32. The number of amides is 1. The van der Waals surface area contributed by atoms with E-state index < -0.39 is 0 Å².